The van der Waals surface area contributed by atoms with Crippen molar-refractivity contribution in [1.82, 2.24) is 9.69 Å². The molecule has 0 saturated carbocycles. The number of carbonyl (C=O) groups excluding carboxylic acids is 1. The monoisotopic (exact) mass is 384 g/mol. The predicted octanol–water partition coefficient (Wildman–Crippen LogP) is 3.77. The summed E-state index contributed by atoms with van der Waals surface area (Å²) in [6, 6.07) is 14.9. The second-order valence-corrected chi connectivity index (χ2v) is 6.48. The average molecular weight is 384 g/mol. The summed E-state index contributed by atoms with van der Waals surface area (Å²) in [5, 5.41) is 2.90. The summed E-state index contributed by atoms with van der Waals surface area (Å²) < 4.78 is 20.0. The van der Waals surface area contributed by atoms with E-state index in [4.69, 9.17) is 14.2 Å². The minimum atomic E-state index is -0.165. The van der Waals surface area contributed by atoms with Crippen LogP contribution >= 0.6 is 11.5 Å². The number of ether oxygens (including phenoxy) is 3. The third-order valence-corrected chi connectivity index (χ3v) is 4.81. The van der Waals surface area contributed by atoms with Gasteiger partial charge in [-0.05, 0) is 59.6 Å². The molecule has 0 saturated heterocycles. The Morgan fingerprint density at radius 3 is 2.37 bits per heavy atom. The number of amides is 1. The van der Waals surface area contributed by atoms with Crippen molar-refractivity contribution in [2.45, 2.75) is 6.54 Å². The van der Waals surface area contributed by atoms with Crippen molar-refractivity contribution in [2.24, 2.45) is 0 Å². The Morgan fingerprint density at radius 1 is 0.963 bits per heavy atom. The molecule has 1 N–H and O–H groups in total. The largest absolute Gasteiger partial charge is 0.497 e. The Hall–Kier alpha value is -3.06. The maximum Gasteiger partial charge on any atom is 0.263 e. The van der Waals surface area contributed by atoms with Gasteiger partial charge in [0.15, 0.2) is 11.5 Å². The molecule has 0 radical (unpaired) electrons. The van der Waals surface area contributed by atoms with Gasteiger partial charge in [-0.1, -0.05) is 6.07 Å². The zero-order valence-corrected chi connectivity index (χ0v) is 16.1. The topological polar surface area (TPSA) is 69.7 Å². The first-order chi connectivity index (χ1) is 13.1. The molecule has 3 rings (SSSR count). The van der Waals surface area contributed by atoms with Crippen LogP contribution in [-0.2, 0) is 6.54 Å². The Kier molecular flexibility index (Phi) is 5.93. The van der Waals surface area contributed by atoms with Crippen molar-refractivity contribution in [3.63, 3.8) is 0 Å². The van der Waals surface area contributed by atoms with E-state index in [1.807, 2.05) is 42.5 Å². The number of benzene rings is 2. The number of carbonyl (C=O) groups is 1. The van der Waals surface area contributed by atoms with Crippen LogP contribution in [0, 0.1) is 0 Å². The Balaban J connectivity index is 1.65. The van der Waals surface area contributed by atoms with Gasteiger partial charge in [-0.3, -0.25) is 4.79 Å². The van der Waals surface area contributed by atoms with Crippen molar-refractivity contribution in [3.8, 4) is 28.5 Å². The van der Waals surface area contributed by atoms with Crippen LogP contribution in [0.5, 0.6) is 17.2 Å². The van der Waals surface area contributed by atoms with E-state index >= 15 is 0 Å². The van der Waals surface area contributed by atoms with Gasteiger partial charge in [0.25, 0.3) is 5.91 Å². The Morgan fingerprint density at radius 2 is 1.70 bits per heavy atom. The fraction of sp³-hybridized carbons (Fsp3) is 0.200. The standard InChI is InChI=1S/C20H20N2O4S/c1-24-15-7-5-14(6-8-15)16-11-19(27-22-16)20(23)21-12-13-4-9-17(25-2)18(10-13)26-3/h4-11H,12H2,1-3H3,(H,21,23). The third-order valence-electron chi connectivity index (χ3n) is 4.02. The van der Waals surface area contributed by atoms with E-state index in [9.17, 15) is 4.79 Å². The number of aromatic nitrogens is 1. The highest BCUT2D eigenvalue weighted by atomic mass is 32.1. The number of nitrogens with one attached hydrogen (secondary N) is 1. The van der Waals surface area contributed by atoms with Gasteiger partial charge >= 0.3 is 0 Å². The van der Waals surface area contributed by atoms with Crippen molar-refractivity contribution in [2.75, 3.05) is 21.3 Å². The van der Waals surface area contributed by atoms with Crippen LogP contribution in [-0.4, -0.2) is 31.6 Å². The molecule has 0 fully saturated rings. The normalized spacial score (nSPS) is 10.3. The van der Waals surface area contributed by atoms with Crippen LogP contribution < -0.4 is 19.5 Å². The van der Waals surface area contributed by atoms with Gasteiger partial charge in [0.05, 0.1) is 27.0 Å². The number of methoxy groups -OCH3 is 3. The lowest BCUT2D eigenvalue weighted by Crippen LogP contribution is -2.21. The molecule has 0 unspecified atom stereocenters. The first-order valence-electron chi connectivity index (χ1n) is 8.25. The number of hydrogen-bond donors (Lipinski definition) is 1. The summed E-state index contributed by atoms with van der Waals surface area (Å²) in [6.07, 6.45) is 0. The Bertz CT molecular complexity index is 922. The molecule has 7 heteroatoms. The highest BCUT2D eigenvalue weighted by molar-refractivity contribution is 7.08. The summed E-state index contributed by atoms with van der Waals surface area (Å²) in [6.45, 7) is 0.384. The van der Waals surface area contributed by atoms with Crippen LogP contribution in [0.25, 0.3) is 11.3 Å². The molecule has 1 amide bonds. The van der Waals surface area contributed by atoms with E-state index in [-0.39, 0.29) is 5.91 Å². The first-order valence-corrected chi connectivity index (χ1v) is 9.02. The zero-order chi connectivity index (χ0) is 19.2. The van der Waals surface area contributed by atoms with E-state index in [0.717, 1.165) is 22.6 Å². The van der Waals surface area contributed by atoms with Crippen molar-refractivity contribution < 1.29 is 19.0 Å². The lowest BCUT2D eigenvalue weighted by molar-refractivity contribution is 0.0955. The molecule has 0 bridgehead atoms. The quantitative estimate of drug-likeness (QED) is 0.672. The maximum absolute atomic E-state index is 12.4. The van der Waals surface area contributed by atoms with Crippen LogP contribution in [0.15, 0.2) is 48.5 Å². The van der Waals surface area contributed by atoms with E-state index in [2.05, 4.69) is 9.69 Å². The molecule has 140 valence electrons. The van der Waals surface area contributed by atoms with Crippen molar-refractivity contribution >= 4 is 17.4 Å². The van der Waals surface area contributed by atoms with Crippen molar-refractivity contribution in [1.29, 1.82) is 0 Å². The zero-order valence-electron chi connectivity index (χ0n) is 15.3. The van der Waals surface area contributed by atoms with E-state index in [1.165, 1.54) is 11.5 Å². The summed E-state index contributed by atoms with van der Waals surface area (Å²) >= 11 is 1.17. The lowest BCUT2D eigenvalue weighted by Gasteiger charge is -2.10. The molecular formula is C20H20N2O4S. The predicted molar refractivity (Wildman–Crippen MR) is 105 cm³/mol. The van der Waals surface area contributed by atoms with Crippen LogP contribution in [0.3, 0.4) is 0 Å². The van der Waals surface area contributed by atoms with Gasteiger partial charge in [-0.15, -0.1) is 0 Å². The molecule has 27 heavy (non-hydrogen) atoms. The molecule has 2 aromatic carbocycles. The summed E-state index contributed by atoms with van der Waals surface area (Å²) in [5.74, 6) is 1.90. The first kappa shape index (κ1) is 18.7. The highest BCUT2D eigenvalue weighted by Crippen LogP contribution is 2.28. The molecule has 0 spiro atoms. The average Bonchev–Trinajstić information content (AvgIpc) is 3.22. The smallest absolute Gasteiger partial charge is 0.263 e. The molecule has 3 aromatic rings. The lowest BCUT2D eigenvalue weighted by atomic mass is 10.1. The summed E-state index contributed by atoms with van der Waals surface area (Å²) in [7, 11) is 4.79. The second kappa shape index (κ2) is 8.55. The van der Waals surface area contributed by atoms with Gasteiger partial charge < -0.3 is 19.5 Å². The maximum atomic E-state index is 12.4. The molecular weight excluding hydrogens is 364 g/mol. The molecule has 6 nitrogen and oxygen atoms in total. The fourth-order valence-corrected chi connectivity index (χ4v) is 3.21. The molecule has 0 aliphatic carbocycles. The van der Waals surface area contributed by atoms with Gasteiger partial charge in [-0.2, -0.15) is 4.37 Å². The van der Waals surface area contributed by atoms with E-state index in [1.54, 1.807) is 27.4 Å². The van der Waals surface area contributed by atoms with Crippen LogP contribution in [0.2, 0.25) is 0 Å². The molecule has 0 atom stereocenters. The van der Waals surface area contributed by atoms with Crippen LogP contribution in [0.4, 0.5) is 0 Å². The Labute approximate surface area is 161 Å². The summed E-state index contributed by atoms with van der Waals surface area (Å²) in [4.78, 5) is 13.0. The number of hydrogen-bond acceptors (Lipinski definition) is 6. The number of rotatable bonds is 7. The molecule has 0 aliphatic heterocycles. The minimum absolute atomic E-state index is 0.165. The fourth-order valence-electron chi connectivity index (χ4n) is 2.54. The third kappa shape index (κ3) is 4.38. The van der Waals surface area contributed by atoms with Crippen LogP contribution in [0.1, 0.15) is 15.2 Å². The minimum Gasteiger partial charge on any atom is -0.497 e. The second-order valence-electron chi connectivity index (χ2n) is 5.68. The summed E-state index contributed by atoms with van der Waals surface area (Å²) in [5.41, 5.74) is 2.62. The number of nitrogens with zero attached hydrogens (tertiary/aromatic N) is 1. The van der Waals surface area contributed by atoms with Gasteiger partial charge in [-0.25, -0.2) is 0 Å². The van der Waals surface area contributed by atoms with E-state index < -0.39 is 0 Å². The molecule has 0 aliphatic rings. The van der Waals surface area contributed by atoms with Gasteiger partial charge in [0.2, 0.25) is 0 Å². The molecule has 1 heterocycles. The van der Waals surface area contributed by atoms with Gasteiger partial charge in [0.1, 0.15) is 10.6 Å². The highest BCUT2D eigenvalue weighted by Gasteiger charge is 2.12. The van der Waals surface area contributed by atoms with E-state index in [0.29, 0.717) is 22.9 Å². The SMILES string of the molecule is COc1ccc(-c2cc(C(=O)NCc3ccc(OC)c(OC)c3)sn2)cc1. The van der Waals surface area contributed by atoms with Crippen molar-refractivity contribution in [3.05, 3.63) is 59.0 Å². The van der Waals surface area contributed by atoms with Gasteiger partial charge in [0, 0.05) is 12.1 Å². The molecule has 1 aromatic heterocycles.